The van der Waals surface area contributed by atoms with Crippen molar-refractivity contribution in [3.05, 3.63) is 23.2 Å². The molecule has 0 amide bonds. The molecule has 4 heteroatoms. The highest BCUT2D eigenvalue weighted by atomic mass is 16.5. The lowest BCUT2D eigenvalue weighted by Crippen LogP contribution is -2.34. The second-order valence-corrected chi connectivity index (χ2v) is 3.51. The Hall–Kier alpha value is -1.29. The highest BCUT2D eigenvalue weighted by Crippen LogP contribution is 2.14. The third kappa shape index (κ3) is 3.09. The topological polar surface area (TPSA) is 65.5 Å². The smallest absolute Gasteiger partial charge is 0.323 e. The Bertz CT molecular complexity index is 324. The third-order valence-electron chi connectivity index (χ3n) is 2.23. The molecule has 2 N–H and O–H groups in total. The van der Waals surface area contributed by atoms with Crippen molar-refractivity contribution < 1.29 is 13.9 Å². The van der Waals surface area contributed by atoms with Gasteiger partial charge >= 0.3 is 5.97 Å². The molecule has 0 saturated heterocycles. The Kier molecular flexibility index (Phi) is 3.91. The van der Waals surface area contributed by atoms with E-state index in [1.807, 2.05) is 19.9 Å². The Balaban J connectivity index is 2.58. The molecule has 0 aliphatic carbocycles. The van der Waals surface area contributed by atoms with Gasteiger partial charge in [0, 0.05) is 6.42 Å². The number of hydrogen-bond acceptors (Lipinski definition) is 4. The number of rotatable bonds is 4. The van der Waals surface area contributed by atoms with Crippen LogP contribution >= 0.6 is 0 Å². The van der Waals surface area contributed by atoms with Crippen LogP contribution in [0, 0.1) is 13.8 Å². The summed E-state index contributed by atoms with van der Waals surface area (Å²) < 4.78 is 10.2. The minimum Gasteiger partial charge on any atom is -0.466 e. The molecule has 0 aliphatic heterocycles. The summed E-state index contributed by atoms with van der Waals surface area (Å²) in [5.41, 5.74) is 6.73. The van der Waals surface area contributed by atoms with E-state index in [4.69, 9.17) is 14.9 Å². The number of nitrogens with two attached hydrogens (primary N) is 1. The zero-order chi connectivity index (χ0) is 11.4. The van der Waals surface area contributed by atoms with Crippen molar-refractivity contribution in [2.45, 2.75) is 33.2 Å². The van der Waals surface area contributed by atoms with Crippen LogP contribution in [0.4, 0.5) is 0 Å². The highest BCUT2D eigenvalue weighted by molar-refractivity contribution is 5.75. The summed E-state index contributed by atoms with van der Waals surface area (Å²) in [4.78, 5) is 11.3. The monoisotopic (exact) mass is 211 g/mol. The van der Waals surface area contributed by atoms with Crippen molar-refractivity contribution in [2.75, 3.05) is 6.61 Å². The van der Waals surface area contributed by atoms with Crippen LogP contribution in [0.2, 0.25) is 0 Å². The van der Waals surface area contributed by atoms with Gasteiger partial charge in [-0.25, -0.2) is 0 Å². The maximum absolute atomic E-state index is 11.3. The molecule has 84 valence electrons. The van der Waals surface area contributed by atoms with Gasteiger partial charge in [-0.3, -0.25) is 4.79 Å². The van der Waals surface area contributed by atoms with E-state index >= 15 is 0 Å². The minimum atomic E-state index is -0.644. The largest absolute Gasteiger partial charge is 0.466 e. The van der Waals surface area contributed by atoms with Gasteiger partial charge in [0.15, 0.2) is 0 Å². The molecule has 1 unspecified atom stereocenters. The zero-order valence-corrected chi connectivity index (χ0v) is 9.37. The molecule has 1 heterocycles. The van der Waals surface area contributed by atoms with Crippen molar-refractivity contribution in [1.29, 1.82) is 0 Å². The van der Waals surface area contributed by atoms with Crippen molar-refractivity contribution in [3.63, 3.8) is 0 Å². The first-order chi connectivity index (χ1) is 7.04. The van der Waals surface area contributed by atoms with Gasteiger partial charge in [0.05, 0.1) is 6.61 Å². The average Bonchev–Trinajstić information content (AvgIpc) is 2.46. The molecule has 0 radical (unpaired) electrons. The fourth-order valence-corrected chi connectivity index (χ4v) is 1.30. The molecular formula is C11H17NO3. The Morgan fingerprint density at radius 1 is 1.60 bits per heavy atom. The van der Waals surface area contributed by atoms with Crippen LogP contribution in [0.5, 0.6) is 0 Å². The molecule has 1 aromatic rings. The molecule has 1 atom stereocenters. The number of furan rings is 1. The van der Waals surface area contributed by atoms with Crippen LogP contribution in [0.25, 0.3) is 0 Å². The van der Waals surface area contributed by atoms with Gasteiger partial charge in [-0.05, 0) is 32.4 Å². The number of carbonyl (C=O) groups is 1. The van der Waals surface area contributed by atoms with Crippen molar-refractivity contribution in [2.24, 2.45) is 5.73 Å². The van der Waals surface area contributed by atoms with Gasteiger partial charge in [-0.15, -0.1) is 0 Å². The highest BCUT2D eigenvalue weighted by Gasteiger charge is 2.17. The molecule has 0 spiro atoms. The first-order valence-corrected chi connectivity index (χ1v) is 5.02. The van der Waals surface area contributed by atoms with Gasteiger partial charge < -0.3 is 14.9 Å². The quantitative estimate of drug-likeness (QED) is 0.763. The number of hydrogen-bond donors (Lipinski definition) is 1. The van der Waals surface area contributed by atoms with E-state index in [-0.39, 0.29) is 5.97 Å². The molecule has 0 bridgehead atoms. The van der Waals surface area contributed by atoms with E-state index in [1.54, 1.807) is 6.92 Å². The van der Waals surface area contributed by atoms with Crippen LogP contribution in [0.1, 0.15) is 24.0 Å². The van der Waals surface area contributed by atoms with Gasteiger partial charge in [0.25, 0.3) is 0 Å². The van der Waals surface area contributed by atoms with E-state index < -0.39 is 6.04 Å². The Morgan fingerprint density at radius 2 is 2.27 bits per heavy atom. The molecule has 15 heavy (non-hydrogen) atoms. The second-order valence-electron chi connectivity index (χ2n) is 3.51. The molecule has 0 aliphatic rings. The average molecular weight is 211 g/mol. The SMILES string of the molecule is CCOC(=O)C(N)Cc1cc(C)c(C)o1. The molecule has 0 saturated carbocycles. The molecular weight excluding hydrogens is 194 g/mol. The number of ether oxygens (including phenoxy) is 1. The number of esters is 1. The zero-order valence-electron chi connectivity index (χ0n) is 9.37. The number of carbonyl (C=O) groups excluding carboxylic acids is 1. The minimum absolute atomic E-state index is 0.350. The fourth-order valence-electron chi connectivity index (χ4n) is 1.30. The molecule has 0 fully saturated rings. The van der Waals surface area contributed by atoms with E-state index in [0.29, 0.717) is 13.0 Å². The summed E-state index contributed by atoms with van der Waals surface area (Å²) in [6, 6.07) is 1.25. The molecule has 1 aromatic heterocycles. The van der Waals surface area contributed by atoms with Gasteiger partial charge in [-0.1, -0.05) is 0 Å². The Labute approximate surface area is 89.4 Å². The van der Waals surface area contributed by atoms with Crippen molar-refractivity contribution >= 4 is 5.97 Å². The van der Waals surface area contributed by atoms with Gasteiger partial charge in [0.2, 0.25) is 0 Å². The van der Waals surface area contributed by atoms with E-state index in [9.17, 15) is 4.79 Å². The summed E-state index contributed by atoms with van der Waals surface area (Å²) >= 11 is 0. The summed E-state index contributed by atoms with van der Waals surface area (Å²) in [6.45, 7) is 5.95. The van der Waals surface area contributed by atoms with E-state index in [0.717, 1.165) is 17.1 Å². The lowest BCUT2D eigenvalue weighted by molar-refractivity contribution is -0.144. The lowest BCUT2D eigenvalue weighted by atomic mass is 10.1. The van der Waals surface area contributed by atoms with E-state index in [2.05, 4.69) is 0 Å². The van der Waals surface area contributed by atoms with Crippen molar-refractivity contribution in [3.8, 4) is 0 Å². The van der Waals surface area contributed by atoms with Crippen LogP contribution in [0.15, 0.2) is 10.5 Å². The van der Waals surface area contributed by atoms with Crippen molar-refractivity contribution in [1.82, 2.24) is 0 Å². The first-order valence-electron chi connectivity index (χ1n) is 5.02. The van der Waals surface area contributed by atoms with Gasteiger partial charge in [0.1, 0.15) is 17.6 Å². The second kappa shape index (κ2) is 4.98. The van der Waals surface area contributed by atoms with Gasteiger partial charge in [-0.2, -0.15) is 0 Å². The van der Waals surface area contributed by atoms with Crippen LogP contribution in [-0.4, -0.2) is 18.6 Å². The summed E-state index contributed by atoms with van der Waals surface area (Å²) in [5.74, 6) is 1.20. The third-order valence-corrected chi connectivity index (χ3v) is 2.23. The molecule has 0 aromatic carbocycles. The van der Waals surface area contributed by atoms with Crippen LogP contribution in [0.3, 0.4) is 0 Å². The predicted octanol–water partition coefficient (Wildman–Crippen LogP) is 1.33. The normalized spacial score (nSPS) is 12.5. The standard InChI is InChI=1S/C11H17NO3/c1-4-14-11(13)10(12)6-9-5-7(2)8(3)15-9/h5,10H,4,6,12H2,1-3H3. The Morgan fingerprint density at radius 3 is 2.73 bits per heavy atom. The fraction of sp³-hybridized carbons (Fsp3) is 0.545. The first kappa shape index (κ1) is 11.8. The van der Waals surface area contributed by atoms with Crippen LogP contribution in [-0.2, 0) is 16.0 Å². The maximum Gasteiger partial charge on any atom is 0.323 e. The maximum atomic E-state index is 11.3. The summed E-state index contributed by atoms with van der Waals surface area (Å²) in [7, 11) is 0. The lowest BCUT2D eigenvalue weighted by Gasteiger charge is -2.08. The molecule has 1 rings (SSSR count). The van der Waals surface area contributed by atoms with E-state index in [1.165, 1.54) is 0 Å². The predicted molar refractivity (Wildman–Crippen MR) is 56.5 cm³/mol. The van der Waals surface area contributed by atoms with Crippen LogP contribution < -0.4 is 5.73 Å². The number of aryl methyl sites for hydroxylation is 2. The summed E-state index contributed by atoms with van der Waals surface area (Å²) in [5, 5.41) is 0. The molecule has 4 nitrogen and oxygen atoms in total. The summed E-state index contributed by atoms with van der Waals surface area (Å²) in [6.07, 6.45) is 0.382.